The summed E-state index contributed by atoms with van der Waals surface area (Å²) in [6.45, 7) is 7.42. The number of amides is 1. The largest absolute Gasteiger partial charge is 0.480 e. The molecule has 2 aromatic carbocycles. The van der Waals surface area contributed by atoms with Gasteiger partial charge in [-0.1, -0.05) is 6.07 Å². The number of benzene rings is 2. The van der Waals surface area contributed by atoms with Gasteiger partial charge in [0.15, 0.2) is 0 Å². The van der Waals surface area contributed by atoms with Crippen LogP contribution in [-0.2, 0) is 14.8 Å². The van der Waals surface area contributed by atoms with E-state index in [1.165, 1.54) is 25.7 Å². The highest BCUT2D eigenvalue weighted by molar-refractivity contribution is 7.92. The number of fused-ring (bicyclic) bond motifs is 1. The maximum Gasteiger partial charge on any atom is 0.410 e. The van der Waals surface area contributed by atoms with E-state index in [0.717, 1.165) is 17.5 Å². The number of anilines is 2. The number of halogens is 1. The van der Waals surface area contributed by atoms with Crippen molar-refractivity contribution in [3.63, 3.8) is 0 Å². The number of rotatable bonds is 7. The van der Waals surface area contributed by atoms with E-state index >= 15 is 0 Å². The fourth-order valence-corrected chi connectivity index (χ4v) is 5.91. The van der Waals surface area contributed by atoms with Gasteiger partial charge in [0.1, 0.15) is 34.1 Å². The van der Waals surface area contributed by atoms with Crippen LogP contribution in [0.25, 0.3) is 22.0 Å². The average Bonchev–Trinajstić information content (AvgIpc) is 2.99. The molecule has 236 valence electrons. The molecule has 1 fully saturated rings. The van der Waals surface area contributed by atoms with Gasteiger partial charge in [-0.25, -0.2) is 37.3 Å². The number of methoxy groups -OCH3 is 1. The number of aromatic nitrogens is 3. The number of carbonyl (C=O) groups excluding carboxylic acids is 1. The molecule has 2 N–H and O–H groups in total. The van der Waals surface area contributed by atoms with E-state index in [9.17, 15) is 22.4 Å². The molecule has 13 nitrogen and oxygen atoms in total. The van der Waals surface area contributed by atoms with Crippen LogP contribution >= 0.6 is 0 Å². The molecule has 15 heteroatoms. The smallest absolute Gasteiger partial charge is 0.410 e. The number of nitrogens with zero attached hydrogens (tertiary/aromatic N) is 5. The summed E-state index contributed by atoms with van der Waals surface area (Å²) in [6.07, 6.45) is 2.61. The minimum atomic E-state index is -4.50. The molecule has 2 aromatic heterocycles. The number of hydrogen-bond donors (Lipinski definition) is 2. The Kier molecular flexibility index (Phi) is 8.47. The first kappa shape index (κ1) is 31.4. The number of carboxylic acid groups (broad SMARTS) is 1. The lowest BCUT2D eigenvalue weighted by molar-refractivity contribution is 0.0240. The maximum absolute atomic E-state index is 14.6. The van der Waals surface area contributed by atoms with Crippen LogP contribution in [0.3, 0.4) is 0 Å². The molecule has 1 aliphatic heterocycles. The number of pyridine rings is 1. The van der Waals surface area contributed by atoms with Crippen molar-refractivity contribution in [1.29, 1.82) is 0 Å². The number of piperazine rings is 1. The number of aromatic carboxylic acids is 1. The molecule has 0 radical (unpaired) electrons. The molecule has 0 spiro atoms. The summed E-state index contributed by atoms with van der Waals surface area (Å²) < 4.78 is 53.9. The van der Waals surface area contributed by atoms with Gasteiger partial charge in [0, 0.05) is 43.3 Å². The van der Waals surface area contributed by atoms with Gasteiger partial charge in [-0.05, 0) is 62.7 Å². The molecule has 1 amide bonds. The van der Waals surface area contributed by atoms with E-state index in [2.05, 4.69) is 24.6 Å². The Morgan fingerprint density at radius 1 is 0.978 bits per heavy atom. The van der Waals surface area contributed by atoms with Crippen molar-refractivity contribution in [3.8, 4) is 17.0 Å². The quantitative estimate of drug-likeness (QED) is 0.295. The van der Waals surface area contributed by atoms with Gasteiger partial charge in [-0.3, -0.25) is 4.72 Å². The van der Waals surface area contributed by atoms with Crippen LogP contribution in [-0.4, -0.2) is 84.3 Å². The second-order valence-corrected chi connectivity index (χ2v) is 12.9. The third kappa shape index (κ3) is 6.87. The Hall–Kier alpha value is -5.05. The van der Waals surface area contributed by atoms with Crippen LogP contribution < -0.4 is 14.4 Å². The first-order valence-corrected chi connectivity index (χ1v) is 15.3. The summed E-state index contributed by atoms with van der Waals surface area (Å²) in [5, 5.41) is 9.82. The number of sulfonamides is 1. The van der Waals surface area contributed by atoms with Crippen LogP contribution in [0.2, 0.25) is 0 Å². The second-order valence-electron chi connectivity index (χ2n) is 11.2. The highest BCUT2D eigenvalue weighted by atomic mass is 32.2. The summed E-state index contributed by atoms with van der Waals surface area (Å²) >= 11 is 0. The molecule has 45 heavy (non-hydrogen) atoms. The summed E-state index contributed by atoms with van der Waals surface area (Å²) in [5.41, 5.74) is 0.825. The minimum Gasteiger partial charge on any atom is -0.480 e. The van der Waals surface area contributed by atoms with Gasteiger partial charge >= 0.3 is 12.1 Å². The topological polar surface area (TPSA) is 164 Å². The zero-order valence-electron chi connectivity index (χ0n) is 24.9. The van der Waals surface area contributed by atoms with Crippen LogP contribution in [0.1, 0.15) is 31.1 Å². The average molecular weight is 639 g/mol. The molecule has 4 aromatic rings. The number of carboxylic acids is 1. The van der Waals surface area contributed by atoms with E-state index in [-0.39, 0.29) is 17.7 Å². The van der Waals surface area contributed by atoms with E-state index in [1.807, 2.05) is 26.8 Å². The zero-order chi connectivity index (χ0) is 32.5. The lowest BCUT2D eigenvalue weighted by Gasteiger charge is -2.36. The van der Waals surface area contributed by atoms with Gasteiger partial charge in [0.25, 0.3) is 10.0 Å². The third-order valence-electron chi connectivity index (χ3n) is 6.94. The van der Waals surface area contributed by atoms with Crippen molar-refractivity contribution in [3.05, 3.63) is 66.4 Å². The lowest BCUT2D eigenvalue weighted by Crippen LogP contribution is -2.50. The summed E-state index contributed by atoms with van der Waals surface area (Å²) in [5.74, 6) is -2.00. The van der Waals surface area contributed by atoms with Crippen molar-refractivity contribution in [2.24, 2.45) is 0 Å². The van der Waals surface area contributed by atoms with Gasteiger partial charge in [0.05, 0.1) is 18.2 Å². The molecule has 3 heterocycles. The number of carbonyl (C=O) groups is 2. The fourth-order valence-electron chi connectivity index (χ4n) is 4.80. The van der Waals surface area contributed by atoms with Crippen LogP contribution in [0.15, 0.2) is 59.9 Å². The molecule has 1 aliphatic rings. The van der Waals surface area contributed by atoms with E-state index in [0.29, 0.717) is 54.7 Å². The Bertz CT molecular complexity index is 1890. The normalized spacial score (nSPS) is 13.9. The minimum absolute atomic E-state index is 0.0559. The van der Waals surface area contributed by atoms with E-state index in [1.54, 1.807) is 17.0 Å². The predicted octanol–water partition coefficient (Wildman–Crippen LogP) is 4.40. The van der Waals surface area contributed by atoms with Gasteiger partial charge in [-0.15, -0.1) is 0 Å². The number of ether oxygens (including phenoxy) is 2. The van der Waals surface area contributed by atoms with Crippen molar-refractivity contribution < 1.29 is 37.0 Å². The molecular formula is C30H31FN6O7S. The molecule has 0 unspecified atom stereocenters. The van der Waals surface area contributed by atoms with Crippen molar-refractivity contribution in [2.75, 3.05) is 42.9 Å². The van der Waals surface area contributed by atoms with Crippen LogP contribution in [0, 0.1) is 5.82 Å². The first-order valence-electron chi connectivity index (χ1n) is 13.8. The molecular weight excluding hydrogens is 607 g/mol. The zero-order valence-corrected chi connectivity index (χ0v) is 25.8. The fraction of sp³-hybridized carbons (Fsp3) is 0.300. The molecule has 0 saturated carbocycles. The summed E-state index contributed by atoms with van der Waals surface area (Å²) in [6, 6.07) is 9.47. The highest BCUT2D eigenvalue weighted by Crippen LogP contribution is 2.34. The molecule has 5 rings (SSSR count). The van der Waals surface area contributed by atoms with Gasteiger partial charge in [-0.2, -0.15) is 0 Å². The lowest BCUT2D eigenvalue weighted by atomic mass is 10.0. The van der Waals surface area contributed by atoms with Gasteiger partial charge < -0.3 is 24.4 Å². The van der Waals surface area contributed by atoms with Crippen molar-refractivity contribution in [1.82, 2.24) is 19.9 Å². The summed E-state index contributed by atoms with van der Waals surface area (Å²) in [7, 11) is -3.19. The number of nitrogens with one attached hydrogen (secondary N) is 1. The molecule has 0 aliphatic carbocycles. The highest BCUT2D eigenvalue weighted by Gasteiger charge is 2.27. The summed E-state index contributed by atoms with van der Waals surface area (Å²) in [4.78, 5) is 39.8. The Morgan fingerprint density at radius 3 is 2.36 bits per heavy atom. The molecule has 1 saturated heterocycles. The van der Waals surface area contributed by atoms with Crippen LogP contribution in [0.5, 0.6) is 5.88 Å². The SMILES string of the molecule is COc1ncc(-c2ccc3ncnc(N4CCN(C(=O)OC(C)(C)C)CC4)c3c2)cc1NS(=O)(=O)c1ccc(C(=O)O)cc1F. The Labute approximate surface area is 258 Å². The predicted molar refractivity (Wildman–Crippen MR) is 164 cm³/mol. The standard InChI is InChI=1S/C30H31FN6O7S/c1-30(2,3)44-29(40)37-11-9-36(10-12-37)26-21-13-18(5-7-23(21)33-17-34-26)20-15-24(27(43-4)32-16-20)35-45(41,42)25-8-6-19(28(38)39)14-22(25)31/h5-8,13-17,35H,9-12H2,1-4H3,(H,38,39). The van der Waals surface area contributed by atoms with Crippen molar-refractivity contribution >= 4 is 44.5 Å². The maximum atomic E-state index is 14.6. The van der Waals surface area contributed by atoms with Crippen molar-refractivity contribution in [2.45, 2.75) is 31.3 Å². The van der Waals surface area contributed by atoms with E-state index in [4.69, 9.17) is 14.6 Å². The Balaban J connectivity index is 1.43. The Morgan fingerprint density at radius 2 is 1.71 bits per heavy atom. The monoisotopic (exact) mass is 638 g/mol. The molecule has 0 bridgehead atoms. The first-order chi connectivity index (χ1) is 21.3. The number of hydrogen-bond acceptors (Lipinski definition) is 10. The molecule has 0 atom stereocenters. The second kappa shape index (κ2) is 12.1. The third-order valence-corrected chi connectivity index (χ3v) is 8.33. The van der Waals surface area contributed by atoms with Crippen LogP contribution in [0.4, 0.5) is 20.7 Å². The van der Waals surface area contributed by atoms with Gasteiger partial charge in [0.2, 0.25) is 5.88 Å². The van der Waals surface area contributed by atoms with E-state index < -0.39 is 37.9 Å².